The maximum absolute atomic E-state index is 9.27. The van der Waals surface area contributed by atoms with E-state index in [9.17, 15) is 5.26 Å². The fourth-order valence-corrected chi connectivity index (χ4v) is 2.32. The third kappa shape index (κ3) is 2.82. The molecule has 1 aromatic heterocycles. The van der Waals surface area contributed by atoms with Crippen LogP contribution in [0.3, 0.4) is 0 Å². The highest BCUT2D eigenvalue weighted by molar-refractivity contribution is 5.65. The molecule has 6 heteroatoms. The van der Waals surface area contributed by atoms with Gasteiger partial charge >= 0.3 is 0 Å². The molecule has 0 amide bonds. The van der Waals surface area contributed by atoms with Crippen LogP contribution in [0.1, 0.15) is 32.3 Å². The van der Waals surface area contributed by atoms with Crippen molar-refractivity contribution in [3.05, 3.63) is 5.56 Å². The van der Waals surface area contributed by atoms with Crippen LogP contribution in [0.25, 0.3) is 0 Å². The van der Waals surface area contributed by atoms with Gasteiger partial charge in [0.1, 0.15) is 17.5 Å². The van der Waals surface area contributed by atoms with Gasteiger partial charge in [0.2, 0.25) is 0 Å². The maximum atomic E-state index is 9.27. The smallest absolute Gasteiger partial charge is 0.170 e. The molecular formula is C13H22N6. The highest BCUT2D eigenvalue weighted by Crippen LogP contribution is 2.27. The molecule has 0 radical (unpaired) electrons. The molecule has 1 saturated heterocycles. The van der Waals surface area contributed by atoms with E-state index in [0.29, 0.717) is 23.1 Å². The van der Waals surface area contributed by atoms with Gasteiger partial charge in [0.15, 0.2) is 5.82 Å². The van der Waals surface area contributed by atoms with Crippen molar-refractivity contribution in [1.29, 1.82) is 5.26 Å². The second-order valence-electron chi connectivity index (χ2n) is 5.60. The number of nitrogens with zero attached hydrogens (tertiary/aromatic N) is 4. The van der Waals surface area contributed by atoms with Gasteiger partial charge in [-0.3, -0.25) is 0 Å². The predicted octanol–water partition coefficient (Wildman–Crippen LogP) is 0.920. The molecule has 104 valence electrons. The first-order chi connectivity index (χ1) is 9.02. The summed E-state index contributed by atoms with van der Waals surface area (Å²) in [5, 5.41) is 13.8. The molecule has 0 spiro atoms. The minimum absolute atomic E-state index is 0.161. The molecule has 1 fully saturated rings. The highest BCUT2D eigenvalue weighted by atomic mass is 15.4. The fourth-order valence-electron chi connectivity index (χ4n) is 2.32. The Morgan fingerprint density at radius 3 is 2.79 bits per heavy atom. The van der Waals surface area contributed by atoms with E-state index in [4.69, 9.17) is 11.5 Å². The van der Waals surface area contributed by atoms with Gasteiger partial charge in [-0.25, -0.2) is 4.68 Å². The van der Waals surface area contributed by atoms with Gasteiger partial charge in [-0.15, -0.1) is 0 Å². The molecule has 1 aliphatic rings. The molecule has 1 atom stereocenters. The van der Waals surface area contributed by atoms with Gasteiger partial charge in [0.05, 0.1) is 0 Å². The molecule has 0 saturated carbocycles. The van der Waals surface area contributed by atoms with Crippen LogP contribution >= 0.6 is 0 Å². The number of aromatic nitrogens is 2. The maximum Gasteiger partial charge on any atom is 0.170 e. The summed E-state index contributed by atoms with van der Waals surface area (Å²) in [7, 11) is 0. The van der Waals surface area contributed by atoms with E-state index in [1.54, 1.807) is 4.68 Å². The lowest BCUT2D eigenvalue weighted by atomic mass is 10.1. The first-order valence-electron chi connectivity index (χ1n) is 6.79. The minimum atomic E-state index is 0.161. The summed E-state index contributed by atoms with van der Waals surface area (Å²) in [6, 6.07) is 2.33. The van der Waals surface area contributed by atoms with Crippen molar-refractivity contribution in [1.82, 2.24) is 9.78 Å². The van der Waals surface area contributed by atoms with E-state index < -0.39 is 0 Å². The van der Waals surface area contributed by atoms with Crippen molar-refractivity contribution in [2.45, 2.75) is 39.3 Å². The molecule has 19 heavy (non-hydrogen) atoms. The number of rotatable bonds is 4. The number of anilines is 2. The zero-order valence-electron chi connectivity index (χ0n) is 11.6. The number of nitrogens with two attached hydrogens (primary N) is 2. The quantitative estimate of drug-likeness (QED) is 0.841. The Bertz CT molecular complexity index is 484. The lowest BCUT2D eigenvalue weighted by Crippen LogP contribution is -2.27. The van der Waals surface area contributed by atoms with Crippen LogP contribution in [0.2, 0.25) is 0 Å². The number of aryl methyl sites for hydroxylation is 1. The Hall–Kier alpha value is -1.74. The third-order valence-electron chi connectivity index (χ3n) is 3.53. The molecule has 6 nitrogen and oxygen atoms in total. The summed E-state index contributed by atoms with van der Waals surface area (Å²) in [6.45, 7) is 6.65. The normalized spacial score (nSPS) is 19.1. The SMILES string of the molecule is CC(C)CCn1nc(N2CCC(N)C2)c(C#N)c1N. The van der Waals surface area contributed by atoms with Crippen LogP contribution in [0.5, 0.6) is 0 Å². The van der Waals surface area contributed by atoms with Crippen molar-refractivity contribution in [3.8, 4) is 6.07 Å². The monoisotopic (exact) mass is 262 g/mol. The van der Waals surface area contributed by atoms with Gasteiger partial charge in [-0.05, 0) is 18.8 Å². The Morgan fingerprint density at radius 1 is 1.53 bits per heavy atom. The summed E-state index contributed by atoms with van der Waals surface area (Å²) in [5.41, 5.74) is 12.4. The molecule has 1 aromatic rings. The van der Waals surface area contributed by atoms with Crippen LogP contribution in [-0.2, 0) is 6.54 Å². The molecule has 0 bridgehead atoms. The summed E-state index contributed by atoms with van der Waals surface area (Å²) >= 11 is 0. The zero-order chi connectivity index (χ0) is 14.0. The van der Waals surface area contributed by atoms with Crippen LogP contribution < -0.4 is 16.4 Å². The van der Waals surface area contributed by atoms with Crippen molar-refractivity contribution in [2.75, 3.05) is 23.7 Å². The lowest BCUT2D eigenvalue weighted by molar-refractivity contribution is 0.491. The number of nitrogen functional groups attached to an aromatic ring is 1. The van der Waals surface area contributed by atoms with Crippen molar-refractivity contribution >= 4 is 11.6 Å². The summed E-state index contributed by atoms with van der Waals surface area (Å²) in [4.78, 5) is 2.06. The topological polar surface area (TPSA) is 96.9 Å². The van der Waals surface area contributed by atoms with Crippen LogP contribution in [0.15, 0.2) is 0 Å². The molecule has 2 rings (SSSR count). The Morgan fingerprint density at radius 2 is 2.26 bits per heavy atom. The van der Waals surface area contributed by atoms with Gasteiger partial charge in [0, 0.05) is 25.7 Å². The van der Waals surface area contributed by atoms with E-state index in [0.717, 1.165) is 32.5 Å². The van der Waals surface area contributed by atoms with E-state index in [-0.39, 0.29) is 6.04 Å². The zero-order valence-corrected chi connectivity index (χ0v) is 11.6. The average molecular weight is 262 g/mol. The molecule has 1 aliphatic heterocycles. The standard InChI is InChI=1S/C13H22N6/c1-9(2)3-6-19-12(16)11(7-14)13(17-19)18-5-4-10(15)8-18/h9-10H,3-6,8,15-16H2,1-2H3. The molecule has 1 unspecified atom stereocenters. The van der Waals surface area contributed by atoms with Gasteiger partial charge in [-0.2, -0.15) is 10.4 Å². The number of nitriles is 1. The van der Waals surface area contributed by atoms with E-state index in [1.807, 2.05) is 0 Å². The van der Waals surface area contributed by atoms with E-state index >= 15 is 0 Å². The third-order valence-corrected chi connectivity index (χ3v) is 3.53. The number of hydrogen-bond donors (Lipinski definition) is 2. The fraction of sp³-hybridized carbons (Fsp3) is 0.692. The summed E-state index contributed by atoms with van der Waals surface area (Å²) < 4.78 is 1.75. The molecular weight excluding hydrogens is 240 g/mol. The van der Waals surface area contributed by atoms with Crippen molar-refractivity contribution in [3.63, 3.8) is 0 Å². The average Bonchev–Trinajstić information content (AvgIpc) is 2.90. The van der Waals surface area contributed by atoms with Crippen molar-refractivity contribution in [2.24, 2.45) is 11.7 Å². The second-order valence-corrected chi connectivity index (χ2v) is 5.60. The summed E-state index contributed by atoms with van der Waals surface area (Å²) in [5.74, 6) is 1.74. The van der Waals surface area contributed by atoms with Crippen LogP contribution in [-0.4, -0.2) is 28.9 Å². The summed E-state index contributed by atoms with van der Waals surface area (Å²) in [6.07, 6.45) is 1.93. The Labute approximate surface area is 114 Å². The first-order valence-corrected chi connectivity index (χ1v) is 6.79. The van der Waals surface area contributed by atoms with E-state index in [2.05, 4.69) is 29.9 Å². The molecule has 4 N–H and O–H groups in total. The molecule has 2 heterocycles. The lowest BCUT2D eigenvalue weighted by Gasteiger charge is -2.14. The highest BCUT2D eigenvalue weighted by Gasteiger charge is 2.26. The Kier molecular flexibility index (Phi) is 3.96. The van der Waals surface area contributed by atoms with Gasteiger partial charge in [-0.1, -0.05) is 13.8 Å². The molecule has 0 aliphatic carbocycles. The van der Waals surface area contributed by atoms with E-state index in [1.165, 1.54) is 0 Å². The second kappa shape index (κ2) is 5.49. The van der Waals surface area contributed by atoms with Gasteiger partial charge < -0.3 is 16.4 Å². The number of hydrogen-bond acceptors (Lipinski definition) is 5. The Balaban J connectivity index is 2.24. The van der Waals surface area contributed by atoms with Gasteiger partial charge in [0.25, 0.3) is 0 Å². The first kappa shape index (κ1) is 13.7. The van der Waals surface area contributed by atoms with Crippen LogP contribution in [0.4, 0.5) is 11.6 Å². The predicted molar refractivity (Wildman–Crippen MR) is 75.6 cm³/mol. The van der Waals surface area contributed by atoms with Crippen molar-refractivity contribution < 1.29 is 0 Å². The molecule has 0 aromatic carbocycles. The largest absolute Gasteiger partial charge is 0.383 e. The minimum Gasteiger partial charge on any atom is -0.383 e. The van der Waals surface area contributed by atoms with Crippen LogP contribution in [0, 0.1) is 17.2 Å².